The molecule has 1 saturated carbocycles. The molecule has 3 amide bonds. The minimum absolute atomic E-state index is 0.0351. The van der Waals surface area contributed by atoms with Crippen molar-refractivity contribution in [2.45, 2.75) is 38.1 Å². The normalized spacial score (nSPS) is 15.5. The van der Waals surface area contributed by atoms with E-state index in [-0.39, 0.29) is 35.3 Å². The molecule has 41 heavy (non-hydrogen) atoms. The first-order chi connectivity index (χ1) is 19.8. The number of anilines is 1. The Balaban J connectivity index is 0.000000397. The van der Waals surface area contributed by atoms with Crippen molar-refractivity contribution in [3.8, 4) is 11.3 Å². The second-order valence-corrected chi connectivity index (χ2v) is 8.73. The third-order valence-corrected chi connectivity index (χ3v) is 6.34. The molecule has 17 nitrogen and oxygen atoms in total. The van der Waals surface area contributed by atoms with Gasteiger partial charge in [0.1, 0.15) is 11.6 Å². The van der Waals surface area contributed by atoms with E-state index in [4.69, 9.17) is 10.5 Å². The van der Waals surface area contributed by atoms with Crippen LogP contribution in [-0.2, 0) is 45.1 Å². The van der Waals surface area contributed by atoms with Crippen LogP contribution in [0.5, 0.6) is 0 Å². The molecule has 1 saturated heterocycles. The minimum atomic E-state index is -0.698. The van der Waals surface area contributed by atoms with Crippen molar-refractivity contribution in [2.75, 3.05) is 25.5 Å². The molecular weight excluding hydrogens is 564 g/mol. The van der Waals surface area contributed by atoms with Crippen LogP contribution >= 0.6 is 0 Å². The van der Waals surface area contributed by atoms with E-state index in [9.17, 15) is 18.4 Å². The molecule has 1 aliphatic heterocycles. The van der Waals surface area contributed by atoms with Crippen molar-refractivity contribution in [2.24, 2.45) is 5.92 Å². The number of piperidine rings is 1. The summed E-state index contributed by atoms with van der Waals surface area (Å²) in [4.78, 5) is 36.8. The fourth-order valence-corrected chi connectivity index (χ4v) is 4.06. The lowest BCUT2D eigenvalue weighted by Gasteiger charge is -2.39. The number of amides is 3. The molecule has 226 valence electrons. The second-order valence-electron chi connectivity index (χ2n) is 8.73. The standard InChI is InChI=1S/C22H25F2N5O2.H2O10/c1-28(18-5-7-29(8-6-18)21(30)14-3-2-4-14)22(31)27-20-13-25-19(12-26-20)15-9-16(23)11-17(24)10-15;1-3-5-7-9-10-8-6-4-2/h9-14,18H,2-8H2,1H3,(H,26,27,31);1-2H. The number of carbonyl (C=O) groups excluding carboxylic acids is 2. The summed E-state index contributed by atoms with van der Waals surface area (Å²) in [6.45, 7) is 1.33. The summed E-state index contributed by atoms with van der Waals surface area (Å²) in [7, 11) is 1.72. The number of likely N-dealkylation sites (tertiary alicyclic amines) is 1. The lowest BCUT2D eigenvalue weighted by molar-refractivity contribution is -0.842. The van der Waals surface area contributed by atoms with Crippen molar-refractivity contribution < 1.29 is 69.2 Å². The van der Waals surface area contributed by atoms with E-state index < -0.39 is 11.6 Å². The molecule has 0 atom stereocenters. The Morgan fingerprint density at radius 1 is 0.902 bits per heavy atom. The molecule has 1 aliphatic carbocycles. The first kappa shape index (κ1) is 32.0. The molecule has 2 fully saturated rings. The Kier molecular flexibility index (Phi) is 13.0. The number of aromatic nitrogens is 2. The van der Waals surface area contributed by atoms with E-state index in [0.717, 1.165) is 38.2 Å². The number of nitrogens with zero attached hydrogens (tertiary/aromatic N) is 4. The van der Waals surface area contributed by atoms with Gasteiger partial charge < -0.3 is 9.80 Å². The van der Waals surface area contributed by atoms with Crippen molar-refractivity contribution in [1.82, 2.24) is 19.8 Å². The van der Waals surface area contributed by atoms with Gasteiger partial charge >= 0.3 is 6.03 Å². The maximum absolute atomic E-state index is 13.4. The average Bonchev–Trinajstić information content (AvgIpc) is 2.94. The van der Waals surface area contributed by atoms with Gasteiger partial charge in [-0.2, -0.15) is 0 Å². The van der Waals surface area contributed by atoms with Gasteiger partial charge in [0.25, 0.3) is 0 Å². The first-order valence-corrected chi connectivity index (χ1v) is 12.0. The van der Waals surface area contributed by atoms with Crippen LogP contribution in [0.1, 0.15) is 32.1 Å². The third kappa shape index (κ3) is 10.1. The number of urea groups is 1. The summed E-state index contributed by atoms with van der Waals surface area (Å²) in [5, 5.41) is 42.7. The summed E-state index contributed by atoms with van der Waals surface area (Å²) in [5.74, 6) is -0.698. The topological polar surface area (TPSA) is 193 Å². The number of hydrogen-bond donors (Lipinski definition) is 3. The van der Waals surface area contributed by atoms with Gasteiger partial charge in [-0.3, -0.25) is 15.1 Å². The van der Waals surface area contributed by atoms with Crippen molar-refractivity contribution >= 4 is 17.8 Å². The average molecular weight is 591 g/mol. The van der Waals surface area contributed by atoms with E-state index in [0.29, 0.717) is 18.8 Å². The van der Waals surface area contributed by atoms with Gasteiger partial charge in [-0.25, -0.2) is 29.1 Å². The Labute approximate surface area is 230 Å². The Bertz CT molecular complexity index is 1080. The summed E-state index contributed by atoms with van der Waals surface area (Å²) >= 11 is 0. The lowest BCUT2D eigenvalue weighted by atomic mass is 9.84. The zero-order valence-corrected chi connectivity index (χ0v) is 21.5. The molecule has 19 heteroatoms. The Morgan fingerprint density at radius 3 is 1.98 bits per heavy atom. The zero-order valence-electron chi connectivity index (χ0n) is 21.5. The number of carbonyl (C=O) groups is 2. The highest BCUT2D eigenvalue weighted by Gasteiger charge is 2.33. The molecule has 0 unspecified atom stereocenters. The molecule has 3 N–H and O–H groups in total. The fourth-order valence-electron chi connectivity index (χ4n) is 4.06. The number of nitrogens with one attached hydrogen (secondary N) is 1. The summed E-state index contributed by atoms with van der Waals surface area (Å²) in [6.07, 6.45) is 7.30. The summed E-state index contributed by atoms with van der Waals surface area (Å²) in [6, 6.07) is 2.84. The van der Waals surface area contributed by atoms with Gasteiger partial charge in [-0.15, -0.1) is 0 Å². The largest absolute Gasteiger partial charge is 0.342 e. The second kappa shape index (κ2) is 16.7. The number of rotatable bonds is 11. The predicted octanol–water partition coefficient (Wildman–Crippen LogP) is 3.15. The number of halogens is 2. The predicted molar refractivity (Wildman–Crippen MR) is 125 cm³/mol. The van der Waals surface area contributed by atoms with Crippen LogP contribution in [0.4, 0.5) is 19.4 Å². The zero-order chi connectivity index (χ0) is 29.6. The van der Waals surface area contributed by atoms with Gasteiger partial charge in [-0.05, 0) is 78.1 Å². The molecule has 1 aromatic carbocycles. The highest BCUT2D eigenvalue weighted by atomic mass is 19.1. The smallest absolute Gasteiger partial charge is 0.323 e. The SMILES string of the molecule is CN(C(=O)Nc1cnc(-c2cc(F)cc(F)c2)cn1)C1CCN(C(=O)C2CCC2)CC1.OOOOOOOOOO. The van der Waals surface area contributed by atoms with Crippen LogP contribution in [0, 0.1) is 17.6 Å². The monoisotopic (exact) mass is 591 g/mol. The number of benzene rings is 1. The van der Waals surface area contributed by atoms with E-state index in [1.54, 1.807) is 11.9 Å². The third-order valence-electron chi connectivity index (χ3n) is 6.34. The molecular formula is C22H27F2N5O12. The van der Waals surface area contributed by atoms with Crippen LogP contribution < -0.4 is 5.32 Å². The van der Waals surface area contributed by atoms with E-state index in [2.05, 4.69) is 55.6 Å². The van der Waals surface area contributed by atoms with Gasteiger partial charge in [0.15, 0.2) is 5.82 Å². The molecule has 2 heterocycles. The molecule has 2 aromatic rings. The van der Waals surface area contributed by atoms with Crippen LogP contribution in [-0.4, -0.2) is 68.4 Å². The highest BCUT2D eigenvalue weighted by Crippen LogP contribution is 2.29. The molecule has 2 aliphatic rings. The number of hydrogen-bond acceptors (Lipinski definition) is 14. The van der Waals surface area contributed by atoms with E-state index in [1.807, 2.05) is 4.90 Å². The van der Waals surface area contributed by atoms with Gasteiger partial charge in [0, 0.05) is 43.7 Å². The van der Waals surface area contributed by atoms with Crippen molar-refractivity contribution in [1.29, 1.82) is 0 Å². The lowest BCUT2D eigenvalue weighted by Crippen LogP contribution is -2.50. The molecule has 0 radical (unpaired) electrons. The molecule has 0 bridgehead atoms. The molecule has 4 rings (SSSR count). The quantitative estimate of drug-likeness (QED) is 0.196. The van der Waals surface area contributed by atoms with Crippen LogP contribution in [0.2, 0.25) is 0 Å². The molecule has 0 spiro atoms. The minimum Gasteiger partial charge on any atom is -0.342 e. The first-order valence-electron chi connectivity index (χ1n) is 12.0. The fraction of sp³-hybridized carbons (Fsp3) is 0.455. The van der Waals surface area contributed by atoms with Crippen molar-refractivity contribution in [3.63, 3.8) is 0 Å². The maximum Gasteiger partial charge on any atom is 0.323 e. The highest BCUT2D eigenvalue weighted by molar-refractivity contribution is 5.88. The van der Waals surface area contributed by atoms with Crippen LogP contribution in [0.3, 0.4) is 0 Å². The van der Waals surface area contributed by atoms with Crippen molar-refractivity contribution in [3.05, 3.63) is 42.2 Å². The molecule has 1 aromatic heterocycles. The van der Waals surface area contributed by atoms with Gasteiger partial charge in [0.05, 0.1) is 18.1 Å². The van der Waals surface area contributed by atoms with Gasteiger partial charge in [-0.1, -0.05) is 6.42 Å². The summed E-state index contributed by atoms with van der Waals surface area (Å²) in [5.41, 5.74) is 0.566. The van der Waals surface area contributed by atoms with E-state index in [1.165, 1.54) is 24.5 Å². The van der Waals surface area contributed by atoms with Crippen LogP contribution in [0.25, 0.3) is 11.3 Å². The van der Waals surface area contributed by atoms with E-state index >= 15 is 0 Å². The Hall–Kier alpha value is -3.50. The van der Waals surface area contributed by atoms with Crippen LogP contribution in [0.15, 0.2) is 30.6 Å². The maximum atomic E-state index is 13.4. The van der Waals surface area contributed by atoms with Gasteiger partial charge in [0.2, 0.25) is 5.91 Å². The summed E-state index contributed by atoms with van der Waals surface area (Å²) < 4.78 is 26.8. The Morgan fingerprint density at radius 2 is 1.49 bits per heavy atom.